The molecule has 4 nitrogen and oxygen atoms in total. The summed E-state index contributed by atoms with van der Waals surface area (Å²) in [6.45, 7) is 3.66. The second-order valence-electron chi connectivity index (χ2n) is 3.56. The fraction of sp³-hybridized carbons (Fsp3) is 0.273. The molecule has 0 unspecified atom stereocenters. The van der Waals surface area contributed by atoms with Crippen molar-refractivity contribution >= 4 is 5.78 Å². The smallest absolute Gasteiger partial charge is 0.231 e. The Hall–Kier alpha value is -1.84. The molecule has 0 bridgehead atoms. The normalized spacial score (nSPS) is 10.6. The predicted octanol–water partition coefficient (Wildman–Crippen LogP) is 1.86. The largest absolute Gasteiger partial charge is 0.461 e. The minimum absolute atomic E-state index is 0.108. The van der Waals surface area contributed by atoms with Gasteiger partial charge in [-0.3, -0.25) is 9.48 Å². The van der Waals surface area contributed by atoms with Gasteiger partial charge < -0.3 is 4.42 Å². The van der Waals surface area contributed by atoms with Crippen molar-refractivity contribution in [3.8, 4) is 0 Å². The van der Waals surface area contributed by atoms with Gasteiger partial charge in [0.25, 0.3) is 0 Å². The Morgan fingerprint density at radius 2 is 2.20 bits per heavy atom. The first kappa shape index (κ1) is 9.71. The molecule has 78 valence electrons. The highest BCUT2D eigenvalue weighted by Gasteiger charge is 2.19. The van der Waals surface area contributed by atoms with Crippen LogP contribution in [0.25, 0.3) is 0 Å². The van der Waals surface area contributed by atoms with Gasteiger partial charge in [0.2, 0.25) is 5.78 Å². The Labute approximate surface area is 87.5 Å². The van der Waals surface area contributed by atoms with Crippen molar-refractivity contribution in [1.82, 2.24) is 9.78 Å². The quantitative estimate of drug-likeness (QED) is 0.701. The second-order valence-corrected chi connectivity index (χ2v) is 3.56. The van der Waals surface area contributed by atoms with E-state index in [1.54, 1.807) is 24.0 Å². The van der Waals surface area contributed by atoms with Crippen molar-refractivity contribution in [2.45, 2.75) is 13.8 Å². The fourth-order valence-corrected chi connectivity index (χ4v) is 1.55. The van der Waals surface area contributed by atoms with E-state index in [1.165, 1.54) is 6.26 Å². The Kier molecular flexibility index (Phi) is 2.19. The third-order valence-electron chi connectivity index (χ3n) is 2.33. The van der Waals surface area contributed by atoms with E-state index in [1.807, 2.05) is 13.8 Å². The molecule has 0 amide bonds. The van der Waals surface area contributed by atoms with E-state index >= 15 is 0 Å². The van der Waals surface area contributed by atoms with Gasteiger partial charge in [0.1, 0.15) is 0 Å². The fourth-order valence-electron chi connectivity index (χ4n) is 1.55. The summed E-state index contributed by atoms with van der Waals surface area (Å²) in [4.78, 5) is 12.0. The Bertz CT molecular complexity index is 508. The van der Waals surface area contributed by atoms with Gasteiger partial charge >= 0.3 is 0 Å². The van der Waals surface area contributed by atoms with Crippen LogP contribution in [-0.4, -0.2) is 15.6 Å². The molecule has 2 rings (SSSR count). The van der Waals surface area contributed by atoms with Gasteiger partial charge in [0.15, 0.2) is 5.76 Å². The topological polar surface area (TPSA) is 48.0 Å². The number of ketones is 1. The van der Waals surface area contributed by atoms with E-state index < -0.39 is 0 Å². The number of hydrogen-bond acceptors (Lipinski definition) is 3. The maximum Gasteiger partial charge on any atom is 0.231 e. The maximum absolute atomic E-state index is 12.0. The van der Waals surface area contributed by atoms with E-state index in [4.69, 9.17) is 4.42 Å². The van der Waals surface area contributed by atoms with Crippen LogP contribution in [-0.2, 0) is 7.05 Å². The van der Waals surface area contributed by atoms with Gasteiger partial charge in [-0.05, 0) is 25.5 Å². The molecule has 0 radical (unpaired) electrons. The SMILES string of the molecule is Cc1ccoc1C(=O)c1cn(C)nc1C. The molecule has 0 spiro atoms. The van der Waals surface area contributed by atoms with Gasteiger partial charge in [0.05, 0.1) is 17.5 Å². The third-order valence-corrected chi connectivity index (χ3v) is 2.33. The predicted molar refractivity (Wildman–Crippen MR) is 54.8 cm³/mol. The molecule has 0 aliphatic heterocycles. The summed E-state index contributed by atoms with van der Waals surface area (Å²) in [6, 6.07) is 1.78. The van der Waals surface area contributed by atoms with Crippen LogP contribution in [0.2, 0.25) is 0 Å². The lowest BCUT2D eigenvalue weighted by Crippen LogP contribution is -2.01. The number of aryl methyl sites for hydroxylation is 3. The van der Waals surface area contributed by atoms with E-state index in [-0.39, 0.29) is 5.78 Å². The summed E-state index contributed by atoms with van der Waals surface area (Å²) in [7, 11) is 1.79. The van der Waals surface area contributed by atoms with Crippen molar-refractivity contribution < 1.29 is 9.21 Å². The molecule has 4 heteroatoms. The molecule has 0 aliphatic carbocycles. The molecule has 0 saturated carbocycles. The molecule has 0 atom stereocenters. The molecule has 2 heterocycles. The first-order valence-electron chi connectivity index (χ1n) is 4.68. The number of nitrogens with zero attached hydrogens (tertiary/aromatic N) is 2. The zero-order valence-corrected chi connectivity index (χ0v) is 8.94. The van der Waals surface area contributed by atoms with Crippen LogP contribution in [0.3, 0.4) is 0 Å². The average Bonchev–Trinajstić information content (AvgIpc) is 2.71. The van der Waals surface area contributed by atoms with E-state index in [0.717, 1.165) is 11.3 Å². The lowest BCUT2D eigenvalue weighted by molar-refractivity contribution is 0.101. The van der Waals surface area contributed by atoms with Crippen LogP contribution in [0.5, 0.6) is 0 Å². The van der Waals surface area contributed by atoms with Crippen molar-refractivity contribution in [3.63, 3.8) is 0 Å². The number of rotatable bonds is 2. The molecular weight excluding hydrogens is 192 g/mol. The third kappa shape index (κ3) is 1.58. The molecule has 0 saturated heterocycles. The highest BCUT2D eigenvalue weighted by atomic mass is 16.3. The summed E-state index contributed by atoms with van der Waals surface area (Å²) < 4.78 is 6.78. The summed E-state index contributed by atoms with van der Waals surface area (Å²) in [6.07, 6.45) is 3.23. The molecule has 0 N–H and O–H groups in total. The van der Waals surface area contributed by atoms with Gasteiger partial charge in [-0.2, -0.15) is 5.10 Å². The monoisotopic (exact) mass is 204 g/mol. The molecule has 2 aromatic rings. The Morgan fingerprint density at radius 3 is 2.67 bits per heavy atom. The molecule has 0 aromatic carbocycles. The standard InChI is InChI=1S/C11H12N2O2/c1-7-4-5-15-11(7)10(14)9-6-13(3)12-8(9)2/h4-6H,1-3H3. The van der Waals surface area contributed by atoms with Gasteiger partial charge in [0, 0.05) is 13.2 Å². The molecule has 15 heavy (non-hydrogen) atoms. The van der Waals surface area contributed by atoms with E-state index in [2.05, 4.69) is 5.10 Å². The number of carbonyl (C=O) groups is 1. The first-order valence-corrected chi connectivity index (χ1v) is 4.68. The highest BCUT2D eigenvalue weighted by molar-refractivity contribution is 6.08. The molecule has 0 fully saturated rings. The minimum atomic E-state index is -0.108. The Balaban J connectivity index is 2.45. The van der Waals surface area contributed by atoms with E-state index in [0.29, 0.717) is 11.3 Å². The van der Waals surface area contributed by atoms with Crippen LogP contribution in [0, 0.1) is 13.8 Å². The van der Waals surface area contributed by atoms with Gasteiger partial charge in [-0.15, -0.1) is 0 Å². The average molecular weight is 204 g/mol. The van der Waals surface area contributed by atoms with Crippen LogP contribution in [0.4, 0.5) is 0 Å². The van der Waals surface area contributed by atoms with Crippen molar-refractivity contribution in [2.75, 3.05) is 0 Å². The minimum Gasteiger partial charge on any atom is -0.461 e. The van der Waals surface area contributed by atoms with Crippen molar-refractivity contribution in [1.29, 1.82) is 0 Å². The lowest BCUT2D eigenvalue weighted by Gasteiger charge is -1.95. The molecular formula is C11H12N2O2. The number of furan rings is 1. The summed E-state index contributed by atoms with van der Waals surface area (Å²) >= 11 is 0. The van der Waals surface area contributed by atoms with Crippen LogP contribution in [0.15, 0.2) is 22.9 Å². The maximum atomic E-state index is 12.0. The van der Waals surface area contributed by atoms with E-state index in [9.17, 15) is 4.79 Å². The molecule has 0 aliphatic rings. The van der Waals surface area contributed by atoms with Crippen LogP contribution >= 0.6 is 0 Å². The summed E-state index contributed by atoms with van der Waals surface area (Å²) in [5, 5.41) is 4.13. The Morgan fingerprint density at radius 1 is 1.47 bits per heavy atom. The summed E-state index contributed by atoms with van der Waals surface area (Å²) in [5.74, 6) is 0.286. The van der Waals surface area contributed by atoms with Crippen LogP contribution < -0.4 is 0 Å². The second kappa shape index (κ2) is 3.38. The first-order chi connectivity index (χ1) is 7.09. The highest BCUT2D eigenvalue weighted by Crippen LogP contribution is 2.16. The summed E-state index contributed by atoms with van der Waals surface area (Å²) in [5.41, 5.74) is 2.16. The zero-order chi connectivity index (χ0) is 11.0. The zero-order valence-electron chi connectivity index (χ0n) is 8.94. The lowest BCUT2D eigenvalue weighted by atomic mass is 10.1. The molecule has 2 aromatic heterocycles. The van der Waals surface area contributed by atoms with Gasteiger partial charge in [-0.1, -0.05) is 0 Å². The van der Waals surface area contributed by atoms with Crippen molar-refractivity contribution in [2.24, 2.45) is 7.05 Å². The number of hydrogen-bond donors (Lipinski definition) is 0. The number of aromatic nitrogens is 2. The van der Waals surface area contributed by atoms with Gasteiger partial charge in [-0.25, -0.2) is 0 Å². The van der Waals surface area contributed by atoms with Crippen LogP contribution in [0.1, 0.15) is 27.4 Å². The van der Waals surface area contributed by atoms with Crippen molar-refractivity contribution in [3.05, 3.63) is 41.1 Å². The number of carbonyl (C=O) groups excluding carboxylic acids is 1.